The first-order valence-electron chi connectivity index (χ1n) is 8.60. The number of benzene rings is 1. The van der Waals surface area contributed by atoms with Crippen LogP contribution < -0.4 is 15.5 Å². The first kappa shape index (κ1) is 18.3. The average molecular weight is 370 g/mol. The van der Waals surface area contributed by atoms with E-state index in [2.05, 4.69) is 10.6 Å². The summed E-state index contributed by atoms with van der Waals surface area (Å²) >= 11 is 0. The Balaban J connectivity index is 1.55. The number of hydrogen-bond acceptors (Lipinski definition) is 3. The fourth-order valence-electron chi connectivity index (χ4n) is 3.20. The Bertz CT molecular complexity index is 672. The van der Waals surface area contributed by atoms with Crippen molar-refractivity contribution in [2.75, 3.05) is 37.6 Å². The number of alkyl halides is 3. The van der Waals surface area contributed by atoms with E-state index in [1.807, 2.05) is 4.90 Å². The van der Waals surface area contributed by atoms with Crippen molar-refractivity contribution in [2.24, 2.45) is 0 Å². The van der Waals surface area contributed by atoms with E-state index in [9.17, 15) is 22.8 Å². The van der Waals surface area contributed by atoms with Gasteiger partial charge in [0.05, 0.1) is 5.56 Å². The highest BCUT2D eigenvalue weighted by atomic mass is 19.4. The minimum atomic E-state index is -4.38. The number of amides is 3. The molecule has 2 fully saturated rings. The summed E-state index contributed by atoms with van der Waals surface area (Å²) in [6.07, 6.45) is -2.94. The molecule has 0 radical (unpaired) electrons. The Morgan fingerprint density at radius 1 is 1.19 bits per heavy atom. The molecule has 2 N–H and O–H groups in total. The van der Waals surface area contributed by atoms with Crippen LogP contribution in [-0.2, 0) is 11.0 Å². The van der Waals surface area contributed by atoms with Crippen LogP contribution in [0.2, 0.25) is 0 Å². The highest BCUT2D eigenvalue weighted by Gasteiger charge is 2.32. The maximum atomic E-state index is 12.8. The molecule has 0 saturated carbocycles. The molecule has 3 rings (SSSR count). The second-order valence-corrected chi connectivity index (χ2v) is 6.46. The van der Waals surface area contributed by atoms with Crippen LogP contribution in [-0.4, -0.2) is 55.6 Å². The maximum absolute atomic E-state index is 12.8. The van der Waals surface area contributed by atoms with Crippen molar-refractivity contribution in [1.82, 2.24) is 15.5 Å². The Morgan fingerprint density at radius 2 is 1.92 bits per heavy atom. The summed E-state index contributed by atoms with van der Waals surface area (Å²) in [5, 5.41) is 5.44. The molecule has 0 unspecified atom stereocenters. The van der Waals surface area contributed by atoms with Gasteiger partial charge < -0.3 is 20.4 Å². The van der Waals surface area contributed by atoms with E-state index in [1.54, 1.807) is 11.0 Å². The molecule has 2 aliphatic heterocycles. The molecule has 1 atom stereocenters. The zero-order chi connectivity index (χ0) is 18.7. The van der Waals surface area contributed by atoms with Gasteiger partial charge in [-0.15, -0.1) is 0 Å². The standard InChI is InChI=1S/C17H21F3N4O2/c18-17(19,20)12-3-1-4-13(11-12)23-7-9-24(10-8-23)16(26)22-14-5-2-6-21-15(14)25/h1,3-4,11,14H,2,5-10H2,(H,21,25)(H,22,26)/t14-/m1/s1. The van der Waals surface area contributed by atoms with Crippen molar-refractivity contribution in [3.8, 4) is 0 Å². The molecule has 9 heteroatoms. The quantitative estimate of drug-likeness (QED) is 0.835. The molecule has 0 aliphatic carbocycles. The Hall–Kier alpha value is -2.45. The number of anilines is 1. The number of carbonyl (C=O) groups excluding carboxylic acids is 2. The first-order chi connectivity index (χ1) is 12.3. The van der Waals surface area contributed by atoms with Crippen molar-refractivity contribution in [3.05, 3.63) is 29.8 Å². The fourth-order valence-corrected chi connectivity index (χ4v) is 3.20. The van der Waals surface area contributed by atoms with E-state index < -0.39 is 17.8 Å². The van der Waals surface area contributed by atoms with Crippen LogP contribution in [0.4, 0.5) is 23.7 Å². The smallest absolute Gasteiger partial charge is 0.368 e. The molecule has 2 saturated heterocycles. The Kier molecular flexibility index (Phi) is 5.24. The van der Waals surface area contributed by atoms with Crippen LogP contribution in [0.3, 0.4) is 0 Å². The lowest BCUT2D eigenvalue weighted by Gasteiger charge is -2.37. The van der Waals surface area contributed by atoms with E-state index in [0.29, 0.717) is 44.8 Å². The maximum Gasteiger partial charge on any atom is 0.416 e. The molecule has 0 spiro atoms. The molecule has 2 aliphatic rings. The highest BCUT2D eigenvalue weighted by molar-refractivity contribution is 5.87. The summed E-state index contributed by atoms with van der Waals surface area (Å²) in [6, 6.07) is 4.37. The number of hydrogen-bond donors (Lipinski definition) is 2. The molecule has 2 heterocycles. The number of piperidine rings is 1. The predicted octanol–water partition coefficient (Wildman–Crippen LogP) is 1.82. The first-order valence-corrected chi connectivity index (χ1v) is 8.60. The molecule has 142 valence electrons. The molecular formula is C17H21F3N4O2. The van der Waals surface area contributed by atoms with Gasteiger partial charge >= 0.3 is 12.2 Å². The third kappa shape index (κ3) is 4.20. The van der Waals surface area contributed by atoms with Crippen LogP contribution in [0.1, 0.15) is 18.4 Å². The molecular weight excluding hydrogens is 349 g/mol. The van der Waals surface area contributed by atoms with Crippen molar-refractivity contribution in [2.45, 2.75) is 25.1 Å². The minimum absolute atomic E-state index is 0.174. The topological polar surface area (TPSA) is 64.7 Å². The number of carbonyl (C=O) groups is 2. The van der Waals surface area contributed by atoms with Crippen molar-refractivity contribution >= 4 is 17.6 Å². The van der Waals surface area contributed by atoms with Gasteiger partial charge in [0.2, 0.25) is 5.91 Å². The highest BCUT2D eigenvalue weighted by Crippen LogP contribution is 2.31. The second-order valence-electron chi connectivity index (χ2n) is 6.46. The number of nitrogens with one attached hydrogen (secondary N) is 2. The van der Waals surface area contributed by atoms with Gasteiger partial charge in [0.25, 0.3) is 0 Å². The van der Waals surface area contributed by atoms with Gasteiger partial charge in [-0.2, -0.15) is 13.2 Å². The molecule has 1 aromatic carbocycles. The van der Waals surface area contributed by atoms with Gasteiger partial charge in [-0.05, 0) is 31.0 Å². The van der Waals surface area contributed by atoms with Crippen molar-refractivity contribution in [3.63, 3.8) is 0 Å². The molecule has 1 aromatic rings. The summed E-state index contributed by atoms with van der Waals surface area (Å²) < 4.78 is 38.5. The number of halogens is 3. The molecule has 26 heavy (non-hydrogen) atoms. The lowest BCUT2D eigenvalue weighted by molar-refractivity contribution is -0.137. The summed E-state index contributed by atoms with van der Waals surface area (Å²) in [5.74, 6) is -0.174. The zero-order valence-corrected chi connectivity index (χ0v) is 14.2. The van der Waals surface area contributed by atoms with E-state index in [-0.39, 0.29) is 11.9 Å². The fraction of sp³-hybridized carbons (Fsp3) is 0.529. The lowest BCUT2D eigenvalue weighted by atomic mass is 10.1. The summed E-state index contributed by atoms with van der Waals surface area (Å²) in [4.78, 5) is 27.4. The SMILES string of the molecule is O=C1NCCC[C@H]1NC(=O)N1CCN(c2cccc(C(F)(F)F)c2)CC1. The van der Waals surface area contributed by atoms with E-state index in [1.165, 1.54) is 6.07 Å². The Labute approximate surface area is 149 Å². The van der Waals surface area contributed by atoms with Crippen LogP contribution in [0.5, 0.6) is 0 Å². The summed E-state index contributed by atoms with van der Waals surface area (Å²) in [5.41, 5.74) is -0.190. The number of urea groups is 1. The van der Waals surface area contributed by atoms with E-state index >= 15 is 0 Å². The normalized spacial score (nSPS) is 21.3. The van der Waals surface area contributed by atoms with Crippen molar-refractivity contribution < 1.29 is 22.8 Å². The Morgan fingerprint density at radius 3 is 2.58 bits per heavy atom. The third-order valence-corrected chi connectivity index (χ3v) is 4.69. The van der Waals surface area contributed by atoms with Gasteiger partial charge in [-0.1, -0.05) is 6.07 Å². The minimum Gasteiger partial charge on any atom is -0.368 e. The van der Waals surface area contributed by atoms with Crippen LogP contribution >= 0.6 is 0 Å². The zero-order valence-electron chi connectivity index (χ0n) is 14.2. The lowest BCUT2D eigenvalue weighted by Crippen LogP contribution is -2.57. The second kappa shape index (κ2) is 7.43. The van der Waals surface area contributed by atoms with Gasteiger partial charge in [0.15, 0.2) is 0 Å². The number of piperazine rings is 1. The number of rotatable bonds is 2. The van der Waals surface area contributed by atoms with Gasteiger partial charge in [-0.3, -0.25) is 4.79 Å². The van der Waals surface area contributed by atoms with Crippen LogP contribution in [0.25, 0.3) is 0 Å². The molecule has 0 bridgehead atoms. The van der Waals surface area contributed by atoms with Gasteiger partial charge in [0.1, 0.15) is 6.04 Å². The summed E-state index contributed by atoms with van der Waals surface area (Å²) in [6.45, 7) is 2.27. The van der Waals surface area contributed by atoms with Gasteiger partial charge in [-0.25, -0.2) is 4.79 Å². The van der Waals surface area contributed by atoms with Crippen molar-refractivity contribution in [1.29, 1.82) is 0 Å². The predicted molar refractivity (Wildman–Crippen MR) is 89.8 cm³/mol. The van der Waals surface area contributed by atoms with Gasteiger partial charge in [0, 0.05) is 38.4 Å². The third-order valence-electron chi connectivity index (χ3n) is 4.69. The number of nitrogens with zero attached hydrogens (tertiary/aromatic N) is 2. The monoisotopic (exact) mass is 370 g/mol. The molecule has 3 amide bonds. The molecule has 6 nitrogen and oxygen atoms in total. The summed E-state index contributed by atoms with van der Waals surface area (Å²) in [7, 11) is 0. The average Bonchev–Trinajstić information content (AvgIpc) is 2.63. The van der Waals surface area contributed by atoms with E-state index in [4.69, 9.17) is 0 Å². The largest absolute Gasteiger partial charge is 0.416 e. The van der Waals surface area contributed by atoms with E-state index in [0.717, 1.165) is 18.6 Å². The van der Waals surface area contributed by atoms with Crippen LogP contribution in [0, 0.1) is 0 Å². The molecule has 0 aromatic heterocycles. The van der Waals surface area contributed by atoms with Crippen LogP contribution in [0.15, 0.2) is 24.3 Å².